The maximum atomic E-state index is 12.2. The third-order valence-corrected chi connectivity index (χ3v) is 4.99. The summed E-state index contributed by atoms with van der Waals surface area (Å²) >= 11 is 0. The monoisotopic (exact) mass is 386 g/mol. The molecule has 1 aliphatic carbocycles. The first kappa shape index (κ1) is 19.6. The van der Waals surface area contributed by atoms with Gasteiger partial charge in [0.25, 0.3) is 5.56 Å². The van der Waals surface area contributed by atoms with Gasteiger partial charge >= 0.3 is 11.9 Å². The van der Waals surface area contributed by atoms with Crippen LogP contribution in [0, 0.1) is 0 Å². The lowest BCUT2D eigenvalue weighted by molar-refractivity contribution is 0.0170. The van der Waals surface area contributed by atoms with E-state index in [1.807, 2.05) is 0 Å². The number of carbonyl (C=O) groups is 2. The van der Waals surface area contributed by atoms with E-state index < -0.39 is 28.6 Å². The molecule has 1 aromatic heterocycles. The van der Waals surface area contributed by atoms with Crippen LogP contribution in [0.25, 0.3) is 11.1 Å². The highest BCUT2D eigenvalue weighted by Gasteiger charge is 2.28. The third kappa shape index (κ3) is 3.91. The molecular formula is C20H22N2O6. The number of ether oxygens (including phenoxy) is 1. The Hall–Kier alpha value is -3.13. The lowest BCUT2D eigenvalue weighted by Gasteiger charge is -2.23. The van der Waals surface area contributed by atoms with Crippen LogP contribution in [-0.4, -0.2) is 33.2 Å². The second-order valence-corrected chi connectivity index (χ2v) is 6.83. The molecule has 0 unspecified atom stereocenters. The van der Waals surface area contributed by atoms with Crippen LogP contribution < -0.4 is 11.3 Å². The Bertz CT molecular complexity index is 960. The van der Waals surface area contributed by atoms with Crippen LogP contribution in [0.1, 0.15) is 58.4 Å². The predicted molar refractivity (Wildman–Crippen MR) is 102 cm³/mol. The van der Waals surface area contributed by atoms with Gasteiger partial charge in [0, 0.05) is 5.56 Å². The molecule has 0 saturated heterocycles. The van der Waals surface area contributed by atoms with Gasteiger partial charge in [0.1, 0.15) is 16.9 Å². The molecule has 0 aliphatic heterocycles. The molecule has 0 bridgehead atoms. The number of carboxylic acid groups (broad SMARTS) is 2. The second kappa shape index (κ2) is 8.26. The minimum Gasteiger partial charge on any atom is -0.478 e. The molecular weight excluding hydrogens is 364 g/mol. The number of aromatic amines is 1. The van der Waals surface area contributed by atoms with Crippen LogP contribution >= 0.6 is 0 Å². The van der Waals surface area contributed by atoms with Gasteiger partial charge in [-0.3, -0.25) is 4.79 Å². The van der Waals surface area contributed by atoms with Gasteiger partial charge in [-0.05, 0) is 24.0 Å². The fraction of sp³-hybridized carbons (Fsp3) is 0.350. The Kier molecular flexibility index (Phi) is 5.79. The maximum Gasteiger partial charge on any atom is 0.342 e. The average molecular weight is 386 g/mol. The molecule has 1 aromatic carbocycles. The molecule has 148 valence electrons. The molecule has 5 N–H and O–H groups in total. The van der Waals surface area contributed by atoms with Gasteiger partial charge < -0.3 is 25.7 Å². The average Bonchev–Trinajstić information content (AvgIpc) is 2.66. The number of carboxylic acids is 2. The van der Waals surface area contributed by atoms with Crippen molar-refractivity contribution in [3.63, 3.8) is 0 Å². The maximum absolute atomic E-state index is 12.2. The van der Waals surface area contributed by atoms with Crippen molar-refractivity contribution in [2.45, 2.75) is 44.8 Å². The third-order valence-electron chi connectivity index (χ3n) is 4.99. The Morgan fingerprint density at radius 1 is 1.07 bits per heavy atom. The van der Waals surface area contributed by atoms with E-state index in [1.54, 1.807) is 24.3 Å². The molecule has 3 rings (SSSR count). The van der Waals surface area contributed by atoms with E-state index in [0.717, 1.165) is 25.7 Å². The van der Waals surface area contributed by atoms with Crippen molar-refractivity contribution in [2.24, 2.45) is 0 Å². The minimum atomic E-state index is -1.53. The highest BCUT2D eigenvalue weighted by molar-refractivity contribution is 6.07. The Balaban J connectivity index is 2.12. The molecule has 0 spiro atoms. The topological polar surface area (TPSA) is 143 Å². The van der Waals surface area contributed by atoms with Crippen molar-refractivity contribution >= 4 is 17.8 Å². The Morgan fingerprint density at radius 3 is 2.36 bits per heavy atom. The summed E-state index contributed by atoms with van der Waals surface area (Å²) in [5.74, 6) is -3.34. The number of nitrogen functional groups attached to an aromatic ring is 1. The zero-order valence-electron chi connectivity index (χ0n) is 15.2. The summed E-state index contributed by atoms with van der Waals surface area (Å²) in [5, 5.41) is 19.1. The van der Waals surface area contributed by atoms with Gasteiger partial charge in [0.05, 0.1) is 12.7 Å². The van der Waals surface area contributed by atoms with Crippen molar-refractivity contribution in [2.75, 3.05) is 5.73 Å². The van der Waals surface area contributed by atoms with Gasteiger partial charge in [0.15, 0.2) is 0 Å². The molecule has 1 fully saturated rings. The highest BCUT2D eigenvalue weighted by Crippen LogP contribution is 2.32. The molecule has 1 aliphatic rings. The quantitative estimate of drug-likeness (QED) is 0.598. The lowest BCUT2D eigenvalue weighted by Crippen LogP contribution is -2.24. The number of H-pyrrole nitrogens is 1. The van der Waals surface area contributed by atoms with Crippen LogP contribution in [0.3, 0.4) is 0 Å². The number of pyridine rings is 1. The van der Waals surface area contributed by atoms with Crippen molar-refractivity contribution in [1.82, 2.24) is 4.98 Å². The summed E-state index contributed by atoms with van der Waals surface area (Å²) < 4.78 is 5.98. The van der Waals surface area contributed by atoms with Crippen LogP contribution in [0.4, 0.5) is 5.82 Å². The highest BCUT2D eigenvalue weighted by atomic mass is 16.5. The fourth-order valence-corrected chi connectivity index (χ4v) is 3.65. The van der Waals surface area contributed by atoms with Crippen molar-refractivity contribution in [3.05, 3.63) is 51.3 Å². The summed E-state index contributed by atoms with van der Waals surface area (Å²) in [6, 6.07) is 6.70. The number of nitrogens with two attached hydrogens (primary N) is 1. The molecule has 8 heteroatoms. The SMILES string of the molecule is Nc1[nH]c(=O)c(C(=O)O)c(-c2ccccc2COC2CCCCC2)c1C(=O)O. The van der Waals surface area contributed by atoms with E-state index in [9.17, 15) is 24.6 Å². The Labute approximate surface area is 161 Å². The zero-order valence-corrected chi connectivity index (χ0v) is 15.2. The number of hydrogen-bond acceptors (Lipinski definition) is 5. The first-order chi connectivity index (χ1) is 13.4. The molecule has 28 heavy (non-hydrogen) atoms. The summed E-state index contributed by atoms with van der Waals surface area (Å²) in [5.41, 5.74) is 4.37. The number of nitrogens with one attached hydrogen (secondary N) is 1. The molecule has 0 radical (unpaired) electrons. The smallest absolute Gasteiger partial charge is 0.342 e. The first-order valence-corrected chi connectivity index (χ1v) is 9.12. The van der Waals surface area contributed by atoms with Gasteiger partial charge in [-0.15, -0.1) is 0 Å². The van der Waals surface area contributed by atoms with Crippen LogP contribution in [-0.2, 0) is 11.3 Å². The van der Waals surface area contributed by atoms with Crippen LogP contribution in [0.15, 0.2) is 29.1 Å². The first-order valence-electron chi connectivity index (χ1n) is 9.12. The number of rotatable bonds is 6. The number of hydrogen-bond donors (Lipinski definition) is 4. The molecule has 8 nitrogen and oxygen atoms in total. The van der Waals surface area contributed by atoms with E-state index in [-0.39, 0.29) is 24.1 Å². The summed E-state index contributed by atoms with van der Waals surface area (Å²) in [6.45, 7) is 0.186. The minimum absolute atomic E-state index is 0.115. The molecule has 0 atom stereocenters. The van der Waals surface area contributed by atoms with Gasteiger partial charge in [-0.25, -0.2) is 9.59 Å². The van der Waals surface area contributed by atoms with E-state index in [4.69, 9.17) is 10.5 Å². The molecule has 0 amide bonds. The van der Waals surface area contributed by atoms with Crippen LogP contribution in [0.5, 0.6) is 0 Å². The summed E-state index contributed by atoms with van der Waals surface area (Å²) in [4.78, 5) is 37.9. The van der Waals surface area contributed by atoms with Crippen molar-refractivity contribution in [1.29, 1.82) is 0 Å². The lowest BCUT2D eigenvalue weighted by atomic mass is 9.92. The number of aromatic nitrogens is 1. The van der Waals surface area contributed by atoms with Gasteiger partial charge in [-0.2, -0.15) is 0 Å². The van der Waals surface area contributed by atoms with E-state index in [0.29, 0.717) is 11.1 Å². The van der Waals surface area contributed by atoms with E-state index in [2.05, 4.69) is 4.98 Å². The Morgan fingerprint density at radius 2 is 1.71 bits per heavy atom. The van der Waals surface area contributed by atoms with Gasteiger partial charge in [0.2, 0.25) is 0 Å². The van der Waals surface area contributed by atoms with Crippen LogP contribution in [0.2, 0.25) is 0 Å². The van der Waals surface area contributed by atoms with E-state index in [1.165, 1.54) is 6.42 Å². The molecule has 2 aromatic rings. The fourth-order valence-electron chi connectivity index (χ4n) is 3.65. The van der Waals surface area contributed by atoms with Crippen molar-refractivity contribution in [3.8, 4) is 11.1 Å². The molecule has 1 heterocycles. The zero-order chi connectivity index (χ0) is 20.3. The van der Waals surface area contributed by atoms with Crippen molar-refractivity contribution < 1.29 is 24.5 Å². The number of anilines is 1. The number of aromatic carboxylic acids is 2. The summed E-state index contributed by atoms with van der Waals surface area (Å²) in [6.07, 6.45) is 5.42. The second-order valence-electron chi connectivity index (χ2n) is 6.83. The summed E-state index contributed by atoms with van der Waals surface area (Å²) in [7, 11) is 0. The predicted octanol–water partition coefficient (Wildman–Crippen LogP) is 2.87. The molecule has 1 saturated carbocycles. The van der Waals surface area contributed by atoms with E-state index >= 15 is 0 Å². The largest absolute Gasteiger partial charge is 0.478 e. The number of benzene rings is 1. The van der Waals surface area contributed by atoms with Gasteiger partial charge in [-0.1, -0.05) is 43.5 Å². The normalized spacial score (nSPS) is 14.7. The standard InChI is InChI=1S/C20H22N2O6/c21-17-15(19(24)25)14(16(20(26)27)18(23)22-17)13-9-5-4-6-11(13)10-28-12-7-2-1-3-8-12/h4-6,9,12H,1-3,7-8,10H2,(H,24,25)(H,26,27)(H3,21,22,23).